The van der Waals surface area contributed by atoms with Gasteiger partial charge in [-0.2, -0.15) is 0 Å². The van der Waals surface area contributed by atoms with E-state index in [1.165, 1.54) is 0 Å². The molecule has 1 amide bonds. The predicted octanol–water partition coefficient (Wildman–Crippen LogP) is 3.10. The normalized spacial score (nSPS) is 14.7. The van der Waals surface area contributed by atoms with Crippen LogP contribution in [0.4, 0.5) is 0 Å². The second-order valence-electron chi connectivity index (χ2n) is 5.50. The van der Waals surface area contributed by atoms with Crippen LogP contribution in [-0.4, -0.2) is 36.9 Å². The fourth-order valence-corrected chi connectivity index (χ4v) is 3.57. The summed E-state index contributed by atoms with van der Waals surface area (Å²) >= 11 is 1.72. The van der Waals surface area contributed by atoms with Gasteiger partial charge in [0.15, 0.2) is 0 Å². The minimum atomic E-state index is 0.0212. The first-order valence-electron chi connectivity index (χ1n) is 7.48. The molecule has 0 bridgehead atoms. The predicted molar refractivity (Wildman–Crippen MR) is 92.4 cm³/mol. The van der Waals surface area contributed by atoms with Crippen molar-refractivity contribution >= 4 is 28.6 Å². The number of thioether (sulfide) groups is 1. The molecular weight excluding hydrogens is 312 g/mol. The number of nitrogens with one attached hydrogen (secondary N) is 1. The topological polar surface area (TPSA) is 54.7 Å². The first-order valence-corrected chi connectivity index (χ1v) is 8.46. The Morgan fingerprint density at radius 2 is 2.22 bits per heavy atom. The third-order valence-corrected chi connectivity index (χ3v) is 5.07. The SMILES string of the molecule is CNC(=O)CN1CSC(COc2ccc3oc(C)cc3c2)=C1C. The van der Waals surface area contributed by atoms with Gasteiger partial charge in [-0.1, -0.05) is 0 Å². The first kappa shape index (κ1) is 15.8. The van der Waals surface area contributed by atoms with E-state index in [0.717, 1.165) is 39.0 Å². The molecule has 1 aromatic heterocycles. The molecule has 0 fully saturated rings. The summed E-state index contributed by atoms with van der Waals surface area (Å²) in [4.78, 5) is 14.7. The number of benzene rings is 1. The highest BCUT2D eigenvalue weighted by Gasteiger charge is 2.21. The molecule has 0 unspecified atom stereocenters. The Morgan fingerprint density at radius 1 is 1.39 bits per heavy atom. The van der Waals surface area contributed by atoms with Gasteiger partial charge in [-0.3, -0.25) is 4.79 Å². The van der Waals surface area contributed by atoms with Gasteiger partial charge in [-0.05, 0) is 38.1 Å². The summed E-state index contributed by atoms with van der Waals surface area (Å²) < 4.78 is 11.5. The quantitative estimate of drug-likeness (QED) is 0.912. The number of ether oxygens (including phenoxy) is 1. The summed E-state index contributed by atoms with van der Waals surface area (Å²) in [5.74, 6) is 2.53. The number of allylic oxidation sites excluding steroid dienone is 1. The molecule has 5 nitrogen and oxygen atoms in total. The molecule has 0 atom stereocenters. The lowest BCUT2D eigenvalue weighted by Crippen LogP contribution is -2.32. The van der Waals surface area contributed by atoms with E-state index in [0.29, 0.717) is 13.2 Å². The molecule has 1 aliphatic heterocycles. The van der Waals surface area contributed by atoms with Crippen LogP contribution in [0.3, 0.4) is 0 Å². The van der Waals surface area contributed by atoms with E-state index in [2.05, 4.69) is 10.2 Å². The number of furan rings is 1. The van der Waals surface area contributed by atoms with E-state index in [-0.39, 0.29) is 5.91 Å². The van der Waals surface area contributed by atoms with Crippen LogP contribution in [0.15, 0.2) is 39.3 Å². The molecule has 23 heavy (non-hydrogen) atoms. The third-order valence-electron chi connectivity index (χ3n) is 3.87. The van der Waals surface area contributed by atoms with Crippen LogP contribution < -0.4 is 10.1 Å². The zero-order chi connectivity index (χ0) is 16.4. The van der Waals surface area contributed by atoms with Crippen LogP contribution in [0.5, 0.6) is 5.75 Å². The number of likely N-dealkylation sites (N-methyl/N-ethyl adjacent to an activating group) is 1. The van der Waals surface area contributed by atoms with E-state index in [4.69, 9.17) is 9.15 Å². The maximum Gasteiger partial charge on any atom is 0.239 e. The third kappa shape index (κ3) is 3.47. The molecule has 2 heterocycles. The van der Waals surface area contributed by atoms with Gasteiger partial charge in [-0.25, -0.2) is 0 Å². The van der Waals surface area contributed by atoms with Crippen LogP contribution in [0.1, 0.15) is 12.7 Å². The minimum absolute atomic E-state index is 0.0212. The number of carbonyl (C=O) groups excluding carboxylic acids is 1. The second-order valence-corrected chi connectivity index (χ2v) is 6.54. The molecule has 1 aliphatic rings. The van der Waals surface area contributed by atoms with Crippen molar-refractivity contribution in [2.75, 3.05) is 26.1 Å². The lowest BCUT2D eigenvalue weighted by atomic mass is 10.2. The molecule has 0 spiro atoms. The van der Waals surface area contributed by atoms with E-state index < -0.39 is 0 Å². The highest BCUT2D eigenvalue weighted by Crippen LogP contribution is 2.32. The summed E-state index contributed by atoms with van der Waals surface area (Å²) in [5, 5.41) is 3.70. The molecule has 0 radical (unpaired) electrons. The van der Waals surface area contributed by atoms with E-state index in [1.54, 1.807) is 18.8 Å². The minimum Gasteiger partial charge on any atom is -0.488 e. The van der Waals surface area contributed by atoms with Gasteiger partial charge in [0, 0.05) is 23.0 Å². The van der Waals surface area contributed by atoms with Crippen molar-refractivity contribution in [1.29, 1.82) is 0 Å². The number of carbonyl (C=O) groups is 1. The summed E-state index contributed by atoms with van der Waals surface area (Å²) in [6.07, 6.45) is 0. The highest BCUT2D eigenvalue weighted by molar-refractivity contribution is 8.03. The van der Waals surface area contributed by atoms with E-state index >= 15 is 0 Å². The van der Waals surface area contributed by atoms with Gasteiger partial charge < -0.3 is 19.4 Å². The number of amides is 1. The molecule has 0 aliphatic carbocycles. The van der Waals surface area contributed by atoms with Crippen molar-refractivity contribution in [2.45, 2.75) is 13.8 Å². The van der Waals surface area contributed by atoms with Crippen molar-refractivity contribution in [3.63, 3.8) is 0 Å². The lowest BCUT2D eigenvalue weighted by molar-refractivity contribution is -0.121. The Hall–Kier alpha value is -2.08. The van der Waals surface area contributed by atoms with Crippen LogP contribution in [0.25, 0.3) is 11.0 Å². The van der Waals surface area contributed by atoms with Crippen molar-refractivity contribution in [3.8, 4) is 5.75 Å². The van der Waals surface area contributed by atoms with Crippen LogP contribution >= 0.6 is 11.8 Å². The summed E-state index contributed by atoms with van der Waals surface area (Å²) in [6.45, 7) is 4.87. The average molecular weight is 332 g/mol. The maximum atomic E-state index is 11.5. The molecule has 3 rings (SSSR count). The Kier molecular flexibility index (Phi) is 4.52. The van der Waals surface area contributed by atoms with Gasteiger partial charge >= 0.3 is 0 Å². The summed E-state index contributed by atoms with van der Waals surface area (Å²) in [5.41, 5.74) is 1.98. The van der Waals surface area contributed by atoms with Crippen LogP contribution in [0, 0.1) is 6.92 Å². The molecule has 1 aromatic carbocycles. The standard InChI is InChI=1S/C17H20N2O3S/c1-11-6-13-7-14(4-5-15(13)22-11)21-9-16-12(2)19(10-23-16)8-17(20)18-3/h4-7H,8-10H2,1-3H3,(H,18,20). The Morgan fingerprint density at radius 3 is 3.00 bits per heavy atom. The Balaban J connectivity index is 1.65. The van der Waals surface area contributed by atoms with Crippen molar-refractivity contribution in [3.05, 3.63) is 40.6 Å². The number of rotatable bonds is 5. The molecule has 6 heteroatoms. The largest absolute Gasteiger partial charge is 0.488 e. The van der Waals surface area contributed by atoms with E-state index in [9.17, 15) is 4.79 Å². The number of hydrogen-bond donors (Lipinski definition) is 1. The summed E-state index contributed by atoms with van der Waals surface area (Å²) in [6, 6.07) is 7.84. The van der Waals surface area contributed by atoms with E-state index in [1.807, 2.05) is 38.1 Å². The fourth-order valence-electron chi connectivity index (χ4n) is 2.49. The smallest absolute Gasteiger partial charge is 0.239 e. The highest BCUT2D eigenvalue weighted by atomic mass is 32.2. The zero-order valence-corrected chi connectivity index (χ0v) is 14.3. The number of fused-ring (bicyclic) bond motifs is 1. The number of hydrogen-bond acceptors (Lipinski definition) is 5. The van der Waals surface area contributed by atoms with Crippen LogP contribution in [-0.2, 0) is 4.79 Å². The van der Waals surface area contributed by atoms with Gasteiger partial charge in [-0.15, -0.1) is 11.8 Å². The van der Waals surface area contributed by atoms with Crippen LogP contribution in [0.2, 0.25) is 0 Å². The summed E-state index contributed by atoms with van der Waals surface area (Å²) in [7, 11) is 1.66. The van der Waals surface area contributed by atoms with Crippen molar-refractivity contribution in [2.24, 2.45) is 0 Å². The first-order chi connectivity index (χ1) is 11.1. The van der Waals surface area contributed by atoms with Gasteiger partial charge in [0.1, 0.15) is 23.7 Å². The van der Waals surface area contributed by atoms with Crippen molar-refractivity contribution < 1.29 is 13.9 Å². The molecule has 1 N–H and O–H groups in total. The molecular formula is C17H20N2O3S. The molecule has 0 saturated heterocycles. The molecule has 2 aromatic rings. The van der Waals surface area contributed by atoms with Gasteiger partial charge in [0.2, 0.25) is 5.91 Å². The fraction of sp³-hybridized carbons (Fsp3) is 0.353. The number of nitrogens with zero attached hydrogens (tertiary/aromatic N) is 1. The average Bonchev–Trinajstić information content (AvgIpc) is 3.07. The zero-order valence-electron chi connectivity index (χ0n) is 13.5. The molecule has 122 valence electrons. The van der Waals surface area contributed by atoms with Gasteiger partial charge in [0.25, 0.3) is 0 Å². The maximum absolute atomic E-state index is 11.5. The second kappa shape index (κ2) is 6.58. The Bertz CT molecular complexity index is 766. The molecule has 0 saturated carbocycles. The van der Waals surface area contributed by atoms with Gasteiger partial charge in [0.05, 0.1) is 12.4 Å². The monoisotopic (exact) mass is 332 g/mol. The number of aryl methyl sites for hydroxylation is 1. The van der Waals surface area contributed by atoms with Crippen molar-refractivity contribution in [1.82, 2.24) is 10.2 Å². The lowest BCUT2D eigenvalue weighted by Gasteiger charge is -2.17. The Labute approximate surface area is 139 Å².